The quantitative estimate of drug-likeness (QED) is 0.734. The van der Waals surface area contributed by atoms with Gasteiger partial charge in [0.05, 0.1) is 5.52 Å². The van der Waals surface area contributed by atoms with E-state index < -0.39 is 5.97 Å². The van der Waals surface area contributed by atoms with Gasteiger partial charge in [0.25, 0.3) is 0 Å². The van der Waals surface area contributed by atoms with Crippen LogP contribution in [0.3, 0.4) is 0 Å². The van der Waals surface area contributed by atoms with Gasteiger partial charge in [0.15, 0.2) is 0 Å². The lowest BCUT2D eigenvalue weighted by Crippen LogP contribution is -1.95. The molecule has 0 unspecified atom stereocenters. The van der Waals surface area contributed by atoms with Crippen molar-refractivity contribution in [3.05, 3.63) is 71.7 Å². The highest BCUT2D eigenvalue weighted by atomic mass is 19.1. The predicted molar refractivity (Wildman–Crippen MR) is 84.5 cm³/mol. The maximum absolute atomic E-state index is 13.6. The first-order valence-electron chi connectivity index (χ1n) is 6.84. The Hall–Kier alpha value is -2.88. The Morgan fingerprint density at radius 2 is 1.91 bits per heavy atom. The summed E-state index contributed by atoms with van der Waals surface area (Å²) in [4.78, 5) is 11.0. The lowest BCUT2D eigenvalue weighted by molar-refractivity contribution is -0.132. The van der Waals surface area contributed by atoms with Crippen molar-refractivity contribution in [1.82, 2.24) is 4.57 Å². The molecule has 3 nitrogen and oxygen atoms in total. The minimum atomic E-state index is -0.989. The number of para-hydroxylation sites is 1. The number of carboxylic acids is 1. The molecule has 2 aromatic carbocycles. The van der Waals surface area contributed by atoms with Crippen molar-refractivity contribution < 1.29 is 14.3 Å². The Kier molecular flexibility index (Phi) is 3.51. The molecule has 1 aromatic heterocycles. The summed E-state index contributed by atoms with van der Waals surface area (Å²) in [6, 6.07) is 14.2. The van der Waals surface area contributed by atoms with Gasteiger partial charge in [-0.1, -0.05) is 18.2 Å². The van der Waals surface area contributed by atoms with Crippen molar-refractivity contribution in [3.8, 4) is 5.69 Å². The Morgan fingerprint density at radius 3 is 2.59 bits per heavy atom. The summed E-state index contributed by atoms with van der Waals surface area (Å²) in [5.41, 5.74) is 2.65. The number of carboxylic acid groups (broad SMARTS) is 1. The topological polar surface area (TPSA) is 42.2 Å². The van der Waals surface area contributed by atoms with E-state index in [9.17, 15) is 9.18 Å². The maximum atomic E-state index is 13.6. The van der Waals surface area contributed by atoms with Crippen molar-refractivity contribution >= 4 is 22.9 Å². The zero-order valence-electron chi connectivity index (χ0n) is 12.0. The summed E-state index contributed by atoms with van der Waals surface area (Å²) in [5, 5.41) is 9.73. The highest BCUT2D eigenvalue weighted by molar-refractivity contribution is 5.97. The summed E-state index contributed by atoms with van der Waals surface area (Å²) in [6.07, 6.45) is 3.38. The summed E-state index contributed by atoms with van der Waals surface area (Å²) >= 11 is 0. The summed E-state index contributed by atoms with van der Waals surface area (Å²) in [5.74, 6) is -1.34. The maximum Gasteiger partial charge on any atom is 0.331 e. The van der Waals surface area contributed by atoms with Crippen LogP contribution >= 0.6 is 0 Å². The first-order valence-corrected chi connectivity index (χ1v) is 6.84. The number of fused-ring (bicyclic) bond motifs is 1. The summed E-state index contributed by atoms with van der Waals surface area (Å²) in [7, 11) is 0. The van der Waals surface area contributed by atoms with Crippen molar-refractivity contribution in [3.63, 3.8) is 0 Å². The monoisotopic (exact) mass is 295 g/mol. The molecule has 0 aliphatic carbocycles. The molecule has 110 valence electrons. The molecule has 0 aliphatic heterocycles. The third-order valence-electron chi connectivity index (χ3n) is 3.54. The smallest absolute Gasteiger partial charge is 0.331 e. The molecule has 0 saturated heterocycles. The van der Waals surface area contributed by atoms with Crippen LogP contribution in [0.4, 0.5) is 4.39 Å². The predicted octanol–water partition coefficient (Wildman–Crippen LogP) is 4.26. The van der Waals surface area contributed by atoms with Crippen LogP contribution in [0.25, 0.3) is 22.7 Å². The van der Waals surface area contributed by atoms with E-state index in [0.717, 1.165) is 11.2 Å². The molecule has 0 spiro atoms. The molecule has 0 fully saturated rings. The van der Waals surface area contributed by atoms with Gasteiger partial charge in [-0.2, -0.15) is 0 Å². The highest BCUT2D eigenvalue weighted by Crippen LogP contribution is 2.27. The third-order valence-corrected chi connectivity index (χ3v) is 3.54. The summed E-state index contributed by atoms with van der Waals surface area (Å²) < 4.78 is 15.5. The Bertz CT molecular complexity index is 879. The van der Waals surface area contributed by atoms with Gasteiger partial charge >= 0.3 is 5.97 Å². The van der Waals surface area contributed by atoms with E-state index >= 15 is 0 Å². The number of hydrogen-bond donors (Lipinski definition) is 1. The molecule has 0 radical (unpaired) electrons. The number of benzene rings is 2. The SMILES string of the molecule is C/C(=C\c1cn(-c2ccccc2)c2ccc(F)cc12)C(=O)O. The number of carbonyl (C=O) groups is 1. The molecule has 0 amide bonds. The van der Waals surface area contributed by atoms with Crippen LogP contribution in [0.15, 0.2) is 60.3 Å². The van der Waals surface area contributed by atoms with Gasteiger partial charge < -0.3 is 9.67 Å². The molecular formula is C18H14FNO2. The van der Waals surface area contributed by atoms with Crippen LogP contribution in [0.2, 0.25) is 0 Å². The molecule has 3 aromatic rings. The third kappa shape index (κ3) is 2.51. The second kappa shape index (κ2) is 5.48. The molecule has 0 saturated carbocycles. The standard InChI is InChI=1S/C18H14FNO2/c1-12(18(21)22)9-13-11-20(15-5-3-2-4-6-15)17-8-7-14(19)10-16(13)17/h2-11H,1H3,(H,21,22)/b12-9+. The molecule has 4 heteroatoms. The van der Waals surface area contributed by atoms with E-state index in [1.165, 1.54) is 19.1 Å². The highest BCUT2D eigenvalue weighted by Gasteiger charge is 2.11. The van der Waals surface area contributed by atoms with E-state index in [1.54, 1.807) is 12.1 Å². The van der Waals surface area contributed by atoms with Crippen molar-refractivity contribution in [1.29, 1.82) is 0 Å². The van der Waals surface area contributed by atoms with E-state index in [0.29, 0.717) is 10.9 Å². The average Bonchev–Trinajstić information content (AvgIpc) is 2.86. The van der Waals surface area contributed by atoms with Crippen LogP contribution < -0.4 is 0 Å². The van der Waals surface area contributed by atoms with Gasteiger partial charge in [-0.3, -0.25) is 0 Å². The normalized spacial score (nSPS) is 11.8. The van der Waals surface area contributed by atoms with Gasteiger partial charge in [-0.25, -0.2) is 9.18 Å². The lowest BCUT2D eigenvalue weighted by atomic mass is 10.1. The molecule has 0 atom stereocenters. The zero-order chi connectivity index (χ0) is 15.7. The fourth-order valence-electron chi connectivity index (χ4n) is 2.44. The fourth-order valence-corrected chi connectivity index (χ4v) is 2.44. The van der Waals surface area contributed by atoms with E-state index in [-0.39, 0.29) is 11.4 Å². The average molecular weight is 295 g/mol. The molecule has 1 heterocycles. The number of halogens is 1. The Morgan fingerprint density at radius 1 is 1.18 bits per heavy atom. The van der Waals surface area contributed by atoms with Gasteiger partial charge in [0.2, 0.25) is 0 Å². The minimum absolute atomic E-state index is 0.205. The van der Waals surface area contributed by atoms with Crippen LogP contribution in [0.1, 0.15) is 12.5 Å². The van der Waals surface area contributed by atoms with Gasteiger partial charge in [-0.15, -0.1) is 0 Å². The lowest BCUT2D eigenvalue weighted by Gasteiger charge is -2.04. The van der Waals surface area contributed by atoms with Gasteiger partial charge in [0.1, 0.15) is 5.82 Å². The van der Waals surface area contributed by atoms with E-state index in [2.05, 4.69) is 0 Å². The zero-order valence-corrected chi connectivity index (χ0v) is 12.0. The fraction of sp³-hybridized carbons (Fsp3) is 0.0556. The first kappa shape index (κ1) is 14.1. The molecule has 0 bridgehead atoms. The van der Waals surface area contributed by atoms with Gasteiger partial charge in [-0.05, 0) is 43.3 Å². The number of nitrogens with zero attached hydrogens (tertiary/aromatic N) is 1. The van der Waals surface area contributed by atoms with Crippen LogP contribution in [0.5, 0.6) is 0 Å². The second-order valence-electron chi connectivity index (χ2n) is 5.08. The molecule has 3 rings (SSSR count). The van der Waals surface area contributed by atoms with Crippen molar-refractivity contribution in [2.75, 3.05) is 0 Å². The molecular weight excluding hydrogens is 281 g/mol. The van der Waals surface area contributed by atoms with Crippen molar-refractivity contribution in [2.24, 2.45) is 0 Å². The molecule has 1 N–H and O–H groups in total. The first-order chi connectivity index (χ1) is 10.6. The van der Waals surface area contributed by atoms with E-state index in [4.69, 9.17) is 5.11 Å². The number of aromatic nitrogens is 1. The van der Waals surface area contributed by atoms with Crippen LogP contribution in [-0.4, -0.2) is 15.6 Å². The Labute approximate surface area is 126 Å². The number of hydrogen-bond acceptors (Lipinski definition) is 1. The Balaban J connectivity index is 2.28. The molecule has 0 aliphatic rings. The van der Waals surface area contributed by atoms with Gasteiger partial charge in [0, 0.05) is 28.4 Å². The van der Waals surface area contributed by atoms with Crippen LogP contribution in [0, 0.1) is 5.82 Å². The van der Waals surface area contributed by atoms with Crippen molar-refractivity contribution in [2.45, 2.75) is 6.92 Å². The number of aliphatic carboxylic acids is 1. The largest absolute Gasteiger partial charge is 0.478 e. The molecule has 22 heavy (non-hydrogen) atoms. The van der Waals surface area contributed by atoms with Crippen LogP contribution in [-0.2, 0) is 4.79 Å². The second-order valence-corrected chi connectivity index (χ2v) is 5.08. The minimum Gasteiger partial charge on any atom is -0.478 e. The number of rotatable bonds is 3. The van der Waals surface area contributed by atoms with E-state index in [1.807, 2.05) is 41.1 Å². The summed E-state index contributed by atoms with van der Waals surface area (Å²) in [6.45, 7) is 1.52.